The largest absolute Gasteiger partial charge is 0.389 e. The molecule has 1 aliphatic carbocycles. The Morgan fingerprint density at radius 2 is 2.06 bits per heavy atom. The fraction of sp³-hybridized carbons (Fsp3) is 0.786. The van der Waals surface area contributed by atoms with Crippen molar-refractivity contribution in [2.24, 2.45) is 11.8 Å². The van der Waals surface area contributed by atoms with Crippen LogP contribution in [0.3, 0.4) is 0 Å². The average Bonchev–Trinajstić information content (AvgIpc) is 2.62. The van der Waals surface area contributed by atoms with Crippen LogP contribution in [0.15, 0.2) is 12.3 Å². The van der Waals surface area contributed by atoms with E-state index >= 15 is 0 Å². The number of rotatable bonds is 4. The molecule has 1 aromatic rings. The first-order valence-electron chi connectivity index (χ1n) is 6.66. The lowest BCUT2D eigenvalue weighted by molar-refractivity contribution is -0.0866. The highest BCUT2D eigenvalue weighted by Crippen LogP contribution is 2.43. The molecule has 1 fully saturated rings. The van der Waals surface area contributed by atoms with Crippen LogP contribution in [0.5, 0.6) is 0 Å². The Kier molecular flexibility index (Phi) is 3.30. The molecular weight excluding hydrogens is 212 g/mol. The van der Waals surface area contributed by atoms with E-state index in [4.69, 9.17) is 0 Å². The third-order valence-corrected chi connectivity index (χ3v) is 3.93. The molecule has 0 bridgehead atoms. The highest BCUT2D eigenvalue weighted by Gasteiger charge is 2.43. The molecule has 1 aromatic heterocycles. The maximum atomic E-state index is 10.4. The van der Waals surface area contributed by atoms with Gasteiger partial charge in [-0.15, -0.1) is 0 Å². The Morgan fingerprint density at radius 3 is 2.53 bits per heavy atom. The Bertz CT molecular complexity index is 375. The summed E-state index contributed by atoms with van der Waals surface area (Å²) in [4.78, 5) is 0. The van der Waals surface area contributed by atoms with Crippen molar-refractivity contribution in [2.45, 2.75) is 58.6 Å². The minimum absolute atomic E-state index is 0.392. The minimum Gasteiger partial charge on any atom is -0.389 e. The lowest BCUT2D eigenvalue weighted by Gasteiger charge is -2.45. The molecule has 1 heterocycles. The van der Waals surface area contributed by atoms with Crippen LogP contribution < -0.4 is 0 Å². The summed E-state index contributed by atoms with van der Waals surface area (Å²) in [5, 5.41) is 14.9. The van der Waals surface area contributed by atoms with Gasteiger partial charge in [-0.3, -0.25) is 4.68 Å². The quantitative estimate of drug-likeness (QED) is 0.873. The van der Waals surface area contributed by atoms with Crippen LogP contribution in [0, 0.1) is 11.8 Å². The summed E-state index contributed by atoms with van der Waals surface area (Å²) in [5.74, 6) is 1.37. The van der Waals surface area contributed by atoms with Crippen molar-refractivity contribution in [3.05, 3.63) is 18.0 Å². The van der Waals surface area contributed by atoms with Crippen LogP contribution in [0.4, 0.5) is 0 Å². The zero-order chi connectivity index (χ0) is 12.6. The fourth-order valence-corrected chi connectivity index (χ4v) is 2.63. The van der Waals surface area contributed by atoms with Gasteiger partial charge in [0.15, 0.2) is 0 Å². The van der Waals surface area contributed by atoms with Crippen molar-refractivity contribution in [1.29, 1.82) is 0 Å². The minimum atomic E-state index is -0.495. The van der Waals surface area contributed by atoms with E-state index in [1.165, 1.54) is 0 Å². The second-order valence-electron chi connectivity index (χ2n) is 6.19. The number of aliphatic hydroxyl groups is 1. The molecule has 17 heavy (non-hydrogen) atoms. The van der Waals surface area contributed by atoms with Crippen molar-refractivity contribution in [1.82, 2.24) is 9.78 Å². The van der Waals surface area contributed by atoms with E-state index in [1.807, 2.05) is 16.9 Å². The van der Waals surface area contributed by atoms with Crippen molar-refractivity contribution >= 4 is 0 Å². The SMILES string of the molecule is CC(C)C1CC(O)(Cc2ccn(C(C)C)n2)C1. The van der Waals surface area contributed by atoms with Gasteiger partial charge in [-0.25, -0.2) is 0 Å². The first-order valence-corrected chi connectivity index (χ1v) is 6.66. The second kappa shape index (κ2) is 4.45. The lowest BCUT2D eigenvalue weighted by Crippen LogP contribution is -2.47. The highest BCUT2D eigenvalue weighted by atomic mass is 16.3. The van der Waals surface area contributed by atoms with E-state index in [1.54, 1.807) is 0 Å². The van der Waals surface area contributed by atoms with Gasteiger partial charge in [0.25, 0.3) is 0 Å². The van der Waals surface area contributed by atoms with Crippen molar-refractivity contribution < 1.29 is 5.11 Å². The zero-order valence-corrected chi connectivity index (χ0v) is 11.3. The molecule has 0 aliphatic heterocycles. The molecule has 0 aromatic carbocycles. The number of aromatic nitrogens is 2. The smallest absolute Gasteiger partial charge is 0.0709 e. The average molecular weight is 236 g/mol. The Balaban J connectivity index is 1.93. The van der Waals surface area contributed by atoms with Gasteiger partial charge >= 0.3 is 0 Å². The van der Waals surface area contributed by atoms with Gasteiger partial charge in [-0.1, -0.05) is 13.8 Å². The molecule has 96 valence electrons. The number of hydrogen-bond donors (Lipinski definition) is 1. The molecule has 2 rings (SSSR count). The predicted octanol–water partition coefficient (Wildman–Crippen LogP) is 2.80. The summed E-state index contributed by atoms with van der Waals surface area (Å²) in [7, 11) is 0. The van der Waals surface area contributed by atoms with Gasteiger partial charge in [0.05, 0.1) is 11.3 Å². The molecule has 3 nitrogen and oxygen atoms in total. The zero-order valence-electron chi connectivity index (χ0n) is 11.3. The summed E-state index contributed by atoms with van der Waals surface area (Å²) in [6.45, 7) is 8.70. The van der Waals surface area contributed by atoms with E-state index in [9.17, 15) is 5.11 Å². The standard InChI is InChI=1S/C14H24N2O/c1-10(2)12-7-14(17,8-12)9-13-5-6-16(15-13)11(3)4/h5-6,10-12,17H,7-9H2,1-4H3. The van der Waals surface area contributed by atoms with Gasteiger partial charge in [-0.2, -0.15) is 5.10 Å². The second-order valence-corrected chi connectivity index (χ2v) is 6.19. The molecule has 0 amide bonds. The number of hydrogen-bond acceptors (Lipinski definition) is 2. The Hall–Kier alpha value is -0.830. The first-order chi connectivity index (χ1) is 7.89. The molecule has 1 N–H and O–H groups in total. The molecule has 3 heteroatoms. The van der Waals surface area contributed by atoms with Gasteiger partial charge in [0, 0.05) is 18.7 Å². The molecule has 1 aliphatic rings. The third kappa shape index (κ3) is 2.71. The van der Waals surface area contributed by atoms with Crippen LogP contribution in [0.1, 0.15) is 52.3 Å². The summed E-state index contributed by atoms with van der Waals surface area (Å²) in [5.41, 5.74) is 0.522. The molecule has 0 radical (unpaired) electrons. The molecule has 1 saturated carbocycles. The lowest BCUT2D eigenvalue weighted by atomic mass is 9.64. The maximum Gasteiger partial charge on any atom is 0.0709 e. The normalized spacial score (nSPS) is 28.8. The molecule has 0 unspecified atom stereocenters. The van der Waals surface area contributed by atoms with E-state index in [-0.39, 0.29) is 0 Å². The summed E-state index contributed by atoms with van der Waals surface area (Å²) >= 11 is 0. The monoisotopic (exact) mass is 236 g/mol. The van der Waals surface area contributed by atoms with Gasteiger partial charge in [0.2, 0.25) is 0 Å². The summed E-state index contributed by atoms with van der Waals surface area (Å²) in [6, 6.07) is 2.42. The van der Waals surface area contributed by atoms with E-state index in [0.29, 0.717) is 24.3 Å². The maximum absolute atomic E-state index is 10.4. The van der Waals surface area contributed by atoms with Crippen LogP contribution in [-0.2, 0) is 6.42 Å². The topological polar surface area (TPSA) is 38.0 Å². The van der Waals surface area contributed by atoms with E-state index < -0.39 is 5.60 Å². The molecule has 0 saturated heterocycles. The predicted molar refractivity (Wildman–Crippen MR) is 68.8 cm³/mol. The third-order valence-electron chi connectivity index (χ3n) is 3.93. The summed E-state index contributed by atoms with van der Waals surface area (Å²) in [6.07, 6.45) is 4.57. The highest BCUT2D eigenvalue weighted by molar-refractivity contribution is 5.08. The molecule has 0 spiro atoms. The molecule has 0 atom stereocenters. The van der Waals surface area contributed by atoms with Crippen molar-refractivity contribution in [3.8, 4) is 0 Å². The van der Waals surface area contributed by atoms with Gasteiger partial charge < -0.3 is 5.11 Å². The Morgan fingerprint density at radius 1 is 1.41 bits per heavy atom. The van der Waals surface area contributed by atoms with E-state index in [2.05, 4.69) is 32.8 Å². The van der Waals surface area contributed by atoms with Crippen molar-refractivity contribution in [2.75, 3.05) is 0 Å². The Labute approximate surface area is 104 Å². The van der Waals surface area contributed by atoms with E-state index in [0.717, 1.165) is 18.5 Å². The van der Waals surface area contributed by atoms with Crippen LogP contribution in [0.2, 0.25) is 0 Å². The van der Waals surface area contributed by atoms with Crippen LogP contribution >= 0.6 is 0 Å². The van der Waals surface area contributed by atoms with Gasteiger partial charge in [-0.05, 0) is 44.6 Å². The molecular formula is C14H24N2O. The van der Waals surface area contributed by atoms with Gasteiger partial charge in [0.1, 0.15) is 0 Å². The first kappa shape index (κ1) is 12.6. The van der Waals surface area contributed by atoms with Crippen LogP contribution in [-0.4, -0.2) is 20.5 Å². The summed E-state index contributed by atoms with van der Waals surface area (Å²) < 4.78 is 1.96. The van der Waals surface area contributed by atoms with Crippen LogP contribution in [0.25, 0.3) is 0 Å². The number of nitrogens with zero attached hydrogens (tertiary/aromatic N) is 2. The van der Waals surface area contributed by atoms with Crippen molar-refractivity contribution in [3.63, 3.8) is 0 Å². The fourth-order valence-electron chi connectivity index (χ4n) is 2.63.